The minimum atomic E-state index is -0.461. The molecule has 0 saturated heterocycles. The molecule has 1 aliphatic rings. The Hall–Kier alpha value is -1.72. The number of benzene rings is 2. The molecule has 108 valence electrons. The first-order valence-electron chi connectivity index (χ1n) is 6.51. The molecule has 3 rings (SSSR count). The number of nitrogens with one attached hydrogen (secondary N) is 1. The number of hydrogen-bond acceptors (Lipinski definition) is 4. The zero-order valence-electron chi connectivity index (χ0n) is 11.1. The Labute approximate surface area is 131 Å². The number of nitro benzene ring substituents is 1. The second-order valence-electron chi connectivity index (χ2n) is 4.83. The van der Waals surface area contributed by atoms with Crippen molar-refractivity contribution in [3.05, 3.63) is 68.7 Å². The lowest BCUT2D eigenvalue weighted by Crippen LogP contribution is -2.18. The van der Waals surface area contributed by atoms with E-state index in [-0.39, 0.29) is 16.8 Å². The lowest BCUT2D eigenvalue weighted by Gasteiger charge is -2.26. The number of hydrogen-bond donors (Lipinski definition) is 1. The average molecular weight is 321 g/mol. The van der Waals surface area contributed by atoms with Crippen molar-refractivity contribution < 1.29 is 4.92 Å². The number of nitro groups is 1. The summed E-state index contributed by atoms with van der Waals surface area (Å²) in [5.41, 5.74) is 3.22. The topological polar surface area (TPSA) is 55.2 Å². The van der Waals surface area contributed by atoms with Gasteiger partial charge in [-0.25, -0.2) is 0 Å². The van der Waals surface area contributed by atoms with E-state index in [4.69, 9.17) is 11.6 Å². The summed E-state index contributed by atoms with van der Waals surface area (Å²) < 4.78 is 0. The zero-order valence-corrected chi connectivity index (χ0v) is 12.7. The van der Waals surface area contributed by atoms with E-state index >= 15 is 0 Å². The maximum absolute atomic E-state index is 11.0. The van der Waals surface area contributed by atoms with E-state index in [1.807, 2.05) is 23.9 Å². The molecule has 0 saturated carbocycles. The van der Waals surface area contributed by atoms with Crippen molar-refractivity contribution in [1.29, 1.82) is 0 Å². The summed E-state index contributed by atoms with van der Waals surface area (Å²) in [6.07, 6.45) is 0. The van der Waals surface area contributed by atoms with Crippen LogP contribution in [0.2, 0.25) is 5.02 Å². The Balaban J connectivity index is 1.88. The molecule has 0 fully saturated rings. The molecule has 1 N–H and O–H groups in total. The first-order chi connectivity index (χ1) is 10.1. The van der Waals surface area contributed by atoms with Crippen molar-refractivity contribution in [1.82, 2.24) is 0 Å². The van der Waals surface area contributed by atoms with Crippen molar-refractivity contribution in [2.24, 2.45) is 0 Å². The van der Waals surface area contributed by atoms with Crippen LogP contribution in [0.15, 0.2) is 42.5 Å². The highest BCUT2D eigenvalue weighted by atomic mass is 35.5. The third-order valence-electron chi connectivity index (χ3n) is 3.46. The van der Waals surface area contributed by atoms with Gasteiger partial charge in [-0.2, -0.15) is 11.8 Å². The van der Waals surface area contributed by atoms with E-state index < -0.39 is 4.92 Å². The monoisotopic (exact) mass is 320 g/mol. The normalized spacial score (nSPS) is 17.1. The largest absolute Gasteiger partial charge is 0.377 e. The van der Waals surface area contributed by atoms with Crippen LogP contribution in [-0.4, -0.2) is 10.7 Å². The van der Waals surface area contributed by atoms with Crippen LogP contribution in [0, 0.1) is 10.1 Å². The number of thioether (sulfide) groups is 1. The summed E-state index contributed by atoms with van der Waals surface area (Å²) in [6, 6.07) is 13.3. The fourth-order valence-corrected chi connectivity index (χ4v) is 3.73. The minimum absolute atomic E-state index is 0.0709. The third kappa shape index (κ3) is 2.99. The standard InChI is InChI=1S/C15H13ClN2O2S/c16-13-6-5-11(7-15(13)18(19)20)17-14-9-21-8-10-3-1-2-4-12(10)14/h1-7,14,17H,8-9H2. The van der Waals surface area contributed by atoms with Crippen LogP contribution < -0.4 is 5.32 Å². The Kier molecular flexibility index (Phi) is 4.03. The molecule has 2 aromatic rings. The molecule has 0 amide bonds. The van der Waals surface area contributed by atoms with Crippen molar-refractivity contribution >= 4 is 34.7 Å². The lowest BCUT2D eigenvalue weighted by atomic mass is 10.0. The van der Waals surface area contributed by atoms with Gasteiger partial charge in [-0.1, -0.05) is 35.9 Å². The third-order valence-corrected chi connectivity index (χ3v) is 4.86. The van der Waals surface area contributed by atoms with Crippen LogP contribution in [0.5, 0.6) is 0 Å². The molecular weight excluding hydrogens is 308 g/mol. The quantitative estimate of drug-likeness (QED) is 0.660. The SMILES string of the molecule is O=[N+]([O-])c1cc(NC2CSCc3ccccc32)ccc1Cl. The van der Waals surface area contributed by atoms with E-state index in [0.717, 1.165) is 11.5 Å². The van der Waals surface area contributed by atoms with Gasteiger partial charge in [0, 0.05) is 23.3 Å². The van der Waals surface area contributed by atoms with Gasteiger partial charge in [-0.15, -0.1) is 0 Å². The maximum Gasteiger partial charge on any atom is 0.289 e. The lowest BCUT2D eigenvalue weighted by molar-refractivity contribution is -0.384. The Bertz CT molecular complexity index is 693. The summed E-state index contributed by atoms with van der Waals surface area (Å²) >= 11 is 7.70. The molecule has 0 bridgehead atoms. The number of rotatable bonds is 3. The first-order valence-corrected chi connectivity index (χ1v) is 8.04. The van der Waals surface area contributed by atoms with Gasteiger partial charge in [0.1, 0.15) is 5.02 Å². The van der Waals surface area contributed by atoms with Crippen molar-refractivity contribution in [2.45, 2.75) is 11.8 Å². The van der Waals surface area contributed by atoms with Crippen molar-refractivity contribution in [2.75, 3.05) is 11.1 Å². The van der Waals surface area contributed by atoms with Crippen LogP contribution in [0.3, 0.4) is 0 Å². The second kappa shape index (κ2) is 5.95. The Morgan fingerprint density at radius 3 is 2.90 bits per heavy atom. The van der Waals surface area contributed by atoms with Gasteiger partial charge >= 0.3 is 0 Å². The van der Waals surface area contributed by atoms with Gasteiger partial charge < -0.3 is 5.32 Å². The summed E-state index contributed by atoms with van der Waals surface area (Å²) in [7, 11) is 0. The summed E-state index contributed by atoms with van der Waals surface area (Å²) in [6.45, 7) is 0. The molecule has 6 heteroatoms. The average Bonchev–Trinajstić information content (AvgIpc) is 2.49. The van der Waals surface area contributed by atoms with Gasteiger partial charge in [0.05, 0.1) is 11.0 Å². The molecule has 1 aliphatic heterocycles. The van der Waals surface area contributed by atoms with Crippen LogP contribution in [0.1, 0.15) is 17.2 Å². The minimum Gasteiger partial charge on any atom is -0.377 e. The van der Waals surface area contributed by atoms with E-state index in [9.17, 15) is 10.1 Å². The van der Waals surface area contributed by atoms with Gasteiger partial charge in [-0.05, 0) is 23.3 Å². The van der Waals surface area contributed by atoms with Crippen LogP contribution in [-0.2, 0) is 5.75 Å². The van der Waals surface area contributed by atoms with Gasteiger partial charge in [0.25, 0.3) is 5.69 Å². The Morgan fingerprint density at radius 2 is 2.10 bits per heavy atom. The molecule has 0 aromatic heterocycles. The molecule has 4 nitrogen and oxygen atoms in total. The predicted octanol–water partition coefficient (Wildman–Crippen LogP) is 4.65. The summed E-state index contributed by atoms with van der Waals surface area (Å²) in [5.74, 6) is 1.95. The van der Waals surface area contributed by atoms with Crippen molar-refractivity contribution in [3.63, 3.8) is 0 Å². The summed E-state index contributed by atoms with van der Waals surface area (Å²) in [4.78, 5) is 10.5. The number of anilines is 1. The highest BCUT2D eigenvalue weighted by Gasteiger charge is 2.21. The maximum atomic E-state index is 11.0. The molecule has 1 atom stereocenters. The molecule has 0 spiro atoms. The van der Waals surface area contributed by atoms with Crippen LogP contribution >= 0.6 is 23.4 Å². The zero-order chi connectivity index (χ0) is 14.8. The van der Waals surface area contributed by atoms with Gasteiger partial charge in [-0.3, -0.25) is 10.1 Å². The van der Waals surface area contributed by atoms with Gasteiger partial charge in [0.15, 0.2) is 0 Å². The molecule has 1 heterocycles. The smallest absolute Gasteiger partial charge is 0.289 e. The fraction of sp³-hybridized carbons (Fsp3) is 0.200. The Morgan fingerprint density at radius 1 is 1.29 bits per heavy atom. The summed E-state index contributed by atoms with van der Waals surface area (Å²) in [5, 5.41) is 14.5. The first kappa shape index (κ1) is 14.2. The fourth-order valence-electron chi connectivity index (χ4n) is 2.45. The number of nitrogens with zero attached hydrogens (tertiary/aromatic N) is 1. The molecule has 2 aromatic carbocycles. The molecule has 0 aliphatic carbocycles. The highest BCUT2D eigenvalue weighted by Crippen LogP contribution is 2.35. The highest BCUT2D eigenvalue weighted by molar-refractivity contribution is 7.98. The van der Waals surface area contributed by atoms with Gasteiger partial charge in [0.2, 0.25) is 0 Å². The number of halogens is 1. The number of fused-ring (bicyclic) bond motifs is 1. The van der Waals surface area contributed by atoms with E-state index in [1.54, 1.807) is 12.1 Å². The predicted molar refractivity (Wildman–Crippen MR) is 87.1 cm³/mol. The van der Waals surface area contributed by atoms with E-state index in [1.165, 1.54) is 17.2 Å². The molecular formula is C15H13ClN2O2S. The van der Waals surface area contributed by atoms with E-state index in [0.29, 0.717) is 5.69 Å². The molecule has 0 radical (unpaired) electrons. The molecule has 1 unspecified atom stereocenters. The van der Waals surface area contributed by atoms with Crippen LogP contribution in [0.25, 0.3) is 0 Å². The second-order valence-corrected chi connectivity index (χ2v) is 6.27. The molecule has 21 heavy (non-hydrogen) atoms. The van der Waals surface area contributed by atoms with Crippen LogP contribution in [0.4, 0.5) is 11.4 Å². The van der Waals surface area contributed by atoms with Crippen molar-refractivity contribution in [3.8, 4) is 0 Å². The van der Waals surface area contributed by atoms with E-state index in [2.05, 4.69) is 17.4 Å².